The number of carbonyl (C=O) groups is 2. The smallest absolute Gasteiger partial charge is 0.337 e. The van der Waals surface area contributed by atoms with Crippen LogP contribution in [0.15, 0.2) is 48.7 Å². The van der Waals surface area contributed by atoms with E-state index >= 15 is 0 Å². The van der Waals surface area contributed by atoms with Gasteiger partial charge in [0.05, 0.1) is 31.2 Å². The summed E-state index contributed by atoms with van der Waals surface area (Å²) in [6, 6.07) is 11.7. The molecular weight excluding hydrogens is 490 g/mol. The van der Waals surface area contributed by atoms with Crippen LogP contribution in [-0.4, -0.2) is 44.7 Å². The molecule has 2 heterocycles. The second-order valence-electron chi connectivity index (χ2n) is 10.3. The van der Waals surface area contributed by atoms with Crippen LogP contribution in [-0.2, 0) is 20.7 Å². The molecule has 0 N–H and O–H groups in total. The number of anilines is 1. The predicted molar refractivity (Wildman–Crippen MR) is 144 cm³/mol. The molecule has 2 aliphatic heterocycles. The van der Waals surface area contributed by atoms with Crippen molar-refractivity contribution in [1.82, 2.24) is 0 Å². The molecule has 0 amide bonds. The van der Waals surface area contributed by atoms with E-state index in [1.54, 1.807) is 12.3 Å². The number of aryl methyl sites for hydroxylation is 1. The summed E-state index contributed by atoms with van der Waals surface area (Å²) in [6.07, 6.45) is 7.57. The minimum absolute atomic E-state index is 0.0661. The van der Waals surface area contributed by atoms with E-state index in [1.165, 1.54) is 24.3 Å². The molecular formula is C30H34ClNO5. The fraction of sp³-hybridized carbons (Fsp3) is 0.467. The molecule has 1 fully saturated rings. The lowest BCUT2D eigenvalue weighted by atomic mass is 9.69. The number of fused-ring (bicyclic) bond motifs is 1. The monoisotopic (exact) mass is 523 g/mol. The minimum Gasteiger partial charge on any atom is -0.497 e. The van der Waals surface area contributed by atoms with Gasteiger partial charge in [0, 0.05) is 42.4 Å². The van der Waals surface area contributed by atoms with E-state index in [0.717, 1.165) is 55.2 Å². The Balaban J connectivity index is 1.46. The molecule has 3 unspecified atom stereocenters. The molecule has 0 aromatic heterocycles. The third-order valence-corrected chi connectivity index (χ3v) is 8.22. The van der Waals surface area contributed by atoms with Crippen molar-refractivity contribution in [2.24, 2.45) is 11.8 Å². The van der Waals surface area contributed by atoms with Crippen molar-refractivity contribution in [3.63, 3.8) is 0 Å². The lowest BCUT2D eigenvalue weighted by molar-refractivity contribution is -0.120. The molecule has 5 rings (SSSR count). The van der Waals surface area contributed by atoms with Crippen LogP contribution < -0.4 is 9.64 Å². The zero-order valence-corrected chi connectivity index (χ0v) is 22.2. The van der Waals surface area contributed by atoms with Gasteiger partial charge in [0.2, 0.25) is 0 Å². The number of ketones is 1. The van der Waals surface area contributed by atoms with E-state index in [4.69, 9.17) is 25.8 Å². The number of esters is 1. The van der Waals surface area contributed by atoms with Gasteiger partial charge in [0.15, 0.2) is 5.78 Å². The number of ether oxygens (including phenoxy) is 3. The molecule has 0 saturated heterocycles. The van der Waals surface area contributed by atoms with Gasteiger partial charge < -0.3 is 19.1 Å². The SMILES string of the molecule is CCCc1cc(Cl)ccc1C1COc2ccc(C(=O)OC)cc2N(C[C@@H]2CCC2C2CC(=O)C=CO2)C1. The number of rotatable bonds is 7. The highest BCUT2D eigenvalue weighted by molar-refractivity contribution is 6.30. The Morgan fingerprint density at radius 2 is 2.05 bits per heavy atom. The average molecular weight is 524 g/mol. The van der Waals surface area contributed by atoms with Gasteiger partial charge >= 0.3 is 5.97 Å². The zero-order valence-electron chi connectivity index (χ0n) is 21.5. The summed E-state index contributed by atoms with van der Waals surface area (Å²) < 4.78 is 17.2. The Labute approximate surface area is 223 Å². The average Bonchev–Trinajstić information content (AvgIpc) is 3.05. The number of carbonyl (C=O) groups excluding carboxylic acids is 2. The summed E-state index contributed by atoms with van der Waals surface area (Å²) in [5.74, 6) is 1.39. The maximum absolute atomic E-state index is 12.4. The maximum atomic E-state index is 12.4. The van der Waals surface area contributed by atoms with Gasteiger partial charge in [0.25, 0.3) is 0 Å². The van der Waals surface area contributed by atoms with Crippen LogP contribution in [0.1, 0.15) is 60.0 Å². The molecule has 2 aromatic rings. The second kappa shape index (κ2) is 11.2. The lowest BCUT2D eigenvalue weighted by Crippen LogP contribution is -2.45. The zero-order chi connectivity index (χ0) is 25.9. The van der Waals surface area contributed by atoms with Gasteiger partial charge in [0.1, 0.15) is 11.9 Å². The summed E-state index contributed by atoms with van der Waals surface area (Å²) >= 11 is 6.36. The van der Waals surface area contributed by atoms with Crippen molar-refractivity contribution >= 4 is 29.0 Å². The molecule has 0 radical (unpaired) electrons. The third-order valence-electron chi connectivity index (χ3n) is 7.98. The standard InChI is InChI=1S/C30H34ClNO5/c1-3-4-19-13-23(31)7-9-25(19)22-17-32(16-21-5-8-26(21)29-15-24(33)11-12-36-29)27-14-20(30(34)35-2)6-10-28(27)37-18-22/h6-7,9-14,21-22,26,29H,3-5,8,15-18H2,1-2H3/t21-,22?,26?,29?/m0/s1. The largest absolute Gasteiger partial charge is 0.497 e. The molecule has 3 aliphatic rings. The highest BCUT2D eigenvalue weighted by atomic mass is 35.5. The predicted octanol–water partition coefficient (Wildman–Crippen LogP) is 5.96. The number of hydrogen-bond donors (Lipinski definition) is 0. The number of nitrogens with zero attached hydrogens (tertiary/aromatic N) is 1. The second-order valence-corrected chi connectivity index (χ2v) is 10.8. The highest BCUT2D eigenvalue weighted by Crippen LogP contribution is 2.44. The number of halogens is 1. The van der Waals surface area contributed by atoms with Crippen molar-refractivity contribution < 1.29 is 23.8 Å². The summed E-state index contributed by atoms with van der Waals surface area (Å²) in [5.41, 5.74) is 3.92. The number of allylic oxidation sites excluding steroid dienone is 1. The van der Waals surface area contributed by atoms with Crippen molar-refractivity contribution in [3.05, 3.63) is 70.4 Å². The van der Waals surface area contributed by atoms with Gasteiger partial charge in [-0.15, -0.1) is 0 Å². The molecule has 0 bridgehead atoms. The maximum Gasteiger partial charge on any atom is 0.337 e. The summed E-state index contributed by atoms with van der Waals surface area (Å²) in [7, 11) is 1.40. The van der Waals surface area contributed by atoms with Crippen LogP contribution in [0.4, 0.5) is 5.69 Å². The van der Waals surface area contributed by atoms with Crippen LogP contribution in [0.3, 0.4) is 0 Å². The molecule has 1 aliphatic carbocycles. The van der Waals surface area contributed by atoms with E-state index in [1.807, 2.05) is 18.2 Å². The van der Waals surface area contributed by atoms with Crippen LogP contribution in [0.5, 0.6) is 5.75 Å². The van der Waals surface area contributed by atoms with Crippen LogP contribution in [0.25, 0.3) is 0 Å². The van der Waals surface area contributed by atoms with Gasteiger partial charge in [-0.3, -0.25) is 4.79 Å². The minimum atomic E-state index is -0.367. The number of benzene rings is 2. The van der Waals surface area contributed by atoms with Crippen LogP contribution in [0, 0.1) is 11.8 Å². The Morgan fingerprint density at radius 1 is 1.19 bits per heavy atom. The topological polar surface area (TPSA) is 65.1 Å². The molecule has 6 nitrogen and oxygen atoms in total. The molecule has 37 heavy (non-hydrogen) atoms. The molecule has 2 aromatic carbocycles. The third kappa shape index (κ3) is 5.49. The molecule has 196 valence electrons. The Bertz CT molecular complexity index is 1190. The lowest BCUT2D eigenvalue weighted by Gasteiger charge is -2.44. The summed E-state index contributed by atoms with van der Waals surface area (Å²) in [4.78, 5) is 26.7. The Hall–Kier alpha value is -2.99. The Kier molecular flexibility index (Phi) is 7.75. The van der Waals surface area contributed by atoms with E-state index in [0.29, 0.717) is 30.4 Å². The van der Waals surface area contributed by atoms with Crippen molar-refractivity contribution in [3.8, 4) is 5.75 Å². The number of methoxy groups -OCH3 is 1. The fourth-order valence-corrected chi connectivity index (χ4v) is 6.13. The normalized spacial score (nSPS) is 24.8. The van der Waals surface area contributed by atoms with Gasteiger partial charge in [-0.2, -0.15) is 0 Å². The first-order valence-electron chi connectivity index (χ1n) is 13.2. The fourth-order valence-electron chi connectivity index (χ4n) is 5.94. The van der Waals surface area contributed by atoms with E-state index in [2.05, 4.69) is 24.0 Å². The molecule has 7 heteroatoms. The molecule has 0 spiro atoms. The van der Waals surface area contributed by atoms with E-state index in [9.17, 15) is 9.59 Å². The molecule has 1 saturated carbocycles. The van der Waals surface area contributed by atoms with E-state index < -0.39 is 0 Å². The Morgan fingerprint density at radius 3 is 2.78 bits per heavy atom. The van der Waals surface area contributed by atoms with E-state index in [-0.39, 0.29) is 23.8 Å². The first-order valence-corrected chi connectivity index (χ1v) is 13.6. The first kappa shape index (κ1) is 25.7. The van der Waals surface area contributed by atoms with Crippen molar-refractivity contribution in [1.29, 1.82) is 0 Å². The van der Waals surface area contributed by atoms with Crippen LogP contribution >= 0.6 is 11.6 Å². The van der Waals surface area contributed by atoms with Crippen LogP contribution in [0.2, 0.25) is 5.02 Å². The van der Waals surface area contributed by atoms with Gasteiger partial charge in [-0.25, -0.2) is 4.79 Å². The van der Waals surface area contributed by atoms with Crippen molar-refractivity contribution in [2.75, 3.05) is 31.7 Å². The summed E-state index contributed by atoms with van der Waals surface area (Å²) in [5, 5.41) is 0.748. The number of hydrogen-bond acceptors (Lipinski definition) is 6. The van der Waals surface area contributed by atoms with Crippen molar-refractivity contribution in [2.45, 2.75) is 51.0 Å². The summed E-state index contributed by atoms with van der Waals surface area (Å²) in [6.45, 7) is 4.27. The van der Waals surface area contributed by atoms with Gasteiger partial charge in [-0.05, 0) is 66.6 Å². The first-order chi connectivity index (χ1) is 18.0. The molecule has 4 atom stereocenters. The van der Waals surface area contributed by atoms with Gasteiger partial charge in [-0.1, -0.05) is 31.0 Å². The quantitative estimate of drug-likeness (QED) is 0.417. The highest BCUT2D eigenvalue weighted by Gasteiger charge is 2.41.